The fourth-order valence-corrected chi connectivity index (χ4v) is 3.86. The van der Waals surface area contributed by atoms with Crippen LogP contribution in [0, 0.1) is 0 Å². The number of benzene rings is 2. The van der Waals surface area contributed by atoms with Gasteiger partial charge in [0.15, 0.2) is 11.5 Å². The highest BCUT2D eigenvalue weighted by Gasteiger charge is 2.45. The number of rotatable bonds is 8. The van der Waals surface area contributed by atoms with Crippen LogP contribution in [-0.4, -0.2) is 37.5 Å². The molecule has 0 bridgehead atoms. The molecule has 3 aromatic rings. The molecular weight excluding hydrogens is 420 g/mol. The number of carbonyl (C=O) groups excluding carboxylic acids is 2. The predicted molar refractivity (Wildman–Crippen MR) is 126 cm³/mol. The highest BCUT2D eigenvalue weighted by Crippen LogP contribution is 2.43. The third-order valence-corrected chi connectivity index (χ3v) is 5.49. The first kappa shape index (κ1) is 22.2. The van der Waals surface area contributed by atoms with Crippen molar-refractivity contribution in [1.82, 2.24) is 0 Å². The van der Waals surface area contributed by atoms with Crippen LogP contribution in [0.5, 0.6) is 5.75 Å². The highest BCUT2D eigenvalue weighted by atomic mass is 16.5. The summed E-state index contributed by atoms with van der Waals surface area (Å²) in [6.07, 6.45) is 2.23. The van der Waals surface area contributed by atoms with Gasteiger partial charge < -0.3 is 19.2 Å². The number of hydrogen-bond acceptors (Lipinski definition) is 6. The highest BCUT2D eigenvalue weighted by molar-refractivity contribution is 6.20. The average Bonchev–Trinajstić information content (AvgIpc) is 3.45. The zero-order chi connectivity index (χ0) is 23.5. The molecule has 0 saturated carbocycles. The van der Waals surface area contributed by atoms with Gasteiger partial charge >= 0.3 is 0 Å². The van der Waals surface area contributed by atoms with Crippen LogP contribution in [0.15, 0.2) is 82.7 Å². The number of furan rings is 1. The van der Waals surface area contributed by atoms with Gasteiger partial charge in [0.2, 0.25) is 5.78 Å². The van der Waals surface area contributed by atoms with Crippen molar-refractivity contribution in [3.63, 3.8) is 0 Å². The van der Waals surface area contributed by atoms with Crippen molar-refractivity contribution < 1.29 is 23.8 Å². The first-order chi connectivity index (χ1) is 15.9. The zero-order valence-electron chi connectivity index (χ0n) is 18.8. The largest absolute Gasteiger partial charge is 0.503 e. The molecule has 1 aliphatic heterocycles. The lowest BCUT2D eigenvalue weighted by molar-refractivity contribution is -0.117. The van der Waals surface area contributed by atoms with E-state index in [0.29, 0.717) is 23.6 Å². The number of ketones is 1. The molecule has 0 fully saturated rings. The summed E-state index contributed by atoms with van der Waals surface area (Å²) < 4.78 is 11.0. The molecule has 0 spiro atoms. The van der Waals surface area contributed by atoms with E-state index in [1.165, 1.54) is 17.2 Å². The average molecular weight is 447 g/mol. The van der Waals surface area contributed by atoms with E-state index in [4.69, 9.17) is 9.15 Å². The second-order valence-corrected chi connectivity index (χ2v) is 7.98. The molecule has 7 nitrogen and oxygen atoms in total. The molecule has 1 atom stereocenters. The molecule has 0 saturated heterocycles. The molecule has 2 aromatic carbocycles. The number of amides is 1. The number of carbonyl (C=O) groups is 2. The van der Waals surface area contributed by atoms with Gasteiger partial charge in [-0.05, 0) is 48.4 Å². The Morgan fingerprint density at radius 2 is 1.88 bits per heavy atom. The second kappa shape index (κ2) is 9.24. The lowest BCUT2D eigenvalue weighted by Gasteiger charge is -2.27. The minimum atomic E-state index is -0.826. The molecule has 0 radical (unpaired) electrons. The number of aliphatic hydroxyl groups is 1. The molecule has 0 aliphatic carbocycles. The number of ether oxygens (including phenoxy) is 1. The number of aliphatic hydroxyl groups excluding tert-OH is 1. The number of anilines is 2. The van der Waals surface area contributed by atoms with Gasteiger partial charge in [-0.15, -0.1) is 0 Å². The van der Waals surface area contributed by atoms with Crippen molar-refractivity contribution in [2.45, 2.75) is 19.4 Å². The van der Waals surface area contributed by atoms with Crippen molar-refractivity contribution >= 4 is 23.1 Å². The van der Waals surface area contributed by atoms with E-state index in [1.807, 2.05) is 56.3 Å². The molecule has 1 amide bonds. The zero-order valence-corrected chi connectivity index (χ0v) is 18.8. The van der Waals surface area contributed by atoms with Crippen molar-refractivity contribution in [3.8, 4) is 5.75 Å². The molecule has 1 N–H and O–H groups in total. The Bertz CT molecular complexity index is 1180. The normalized spacial score (nSPS) is 15.8. The van der Waals surface area contributed by atoms with Crippen molar-refractivity contribution in [3.05, 3.63) is 89.6 Å². The molecule has 4 rings (SSSR count). The minimum absolute atomic E-state index is 0.0209. The summed E-state index contributed by atoms with van der Waals surface area (Å²) in [5.41, 5.74) is 2.15. The molecule has 170 valence electrons. The number of Topliss-reactive ketones (excluding diaryl/α,β-unsaturated/α-hetero) is 1. The molecular formula is C26H26N2O5. The molecule has 2 heterocycles. The van der Waals surface area contributed by atoms with Crippen LogP contribution in [0.1, 0.15) is 35.5 Å². The van der Waals surface area contributed by atoms with Crippen LogP contribution in [-0.2, 0) is 4.79 Å². The second-order valence-electron chi connectivity index (χ2n) is 7.98. The van der Waals surface area contributed by atoms with Gasteiger partial charge in [-0.1, -0.05) is 25.1 Å². The van der Waals surface area contributed by atoms with Crippen LogP contribution < -0.4 is 14.5 Å². The lowest BCUT2D eigenvalue weighted by Crippen LogP contribution is -2.31. The van der Waals surface area contributed by atoms with E-state index in [-0.39, 0.29) is 11.3 Å². The quantitative estimate of drug-likeness (QED) is 0.495. The fourth-order valence-electron chi connectivity index (χ4n) is 3.86. The van der Waals surface area contributed by atoms with E-state index < -0.39 is 23.5 Å². The molecule has 7 heteroatoms. The maximum absolute atomic E-state index is 13.3. The Morgan fingerprint density at radius 1 is 1.12 bits per heavy atom. The molecule has 33 heavy (non-hydrogen) atoms. The van der Waals surface area contributed by atoms with Gasteiger partial charge in [-0.25, -0.2) is 0 Å². The third kappa shape index (κ3) is 4.22. The summed E-state index contributed by atoms with van der Waals surface area (Å²) in [5, 5.41) is 10.8. The smallest absolute Gasteiger partial charge is 0.294 e. The lowest BCUT2D eigenvalue weighted by atomic mass is 9.94. The Balaban J connectivity index is 1.82. The summed E-state index contributed by atoms with van der Waals surface area (Å²) in [7, 11) is 3.86. The first-order valence-corrected chi connectivity index (χ1v) is 10.8. The fraction of sp³-hybridized carbons (Fsp3) is 0.231. The summed E-state index contributed by atoms with van der Waals surface area (Å²) in [5.74, 6) is -1.11. The van der Waals surface area contributed by atoms with Crippen molar-refractivity contribution in [2.75, 3.05) is 30.5 Å². The van der Waals surface area contributed by atoms with Gasteiger partial charge in [0.1, 0.15) is 5.75 Å². The van der Waals surface area contributed by atoms with Gasteiger partial charge in [-0.3, -0.25) is 14.5 Å². The van der Waals surface area contributed by atoms with E-state index in [2.05, 4.69) is 0 Å². The molecule has 1 unspecified atom stereocenters. The van der Waals surface area contributed by atoms with Crippen LogP contribution in [0.25, 0.3) is 0 Å². The van der Waals surface area contributed by atoms with Crippen LogP contribution >= 0.6 is 0 Å². The summed E-state index contributed by atoms with van der Waals surface area (Å²) in [6, 6.07) is 16.9. The van der Waals surface area contributed by atoms with E-state index in [9.17, 15) is 14.7 Å². The van der Waals surface area contributed by atoms with Crippen LogP contribution in [0.2, 0.25) is 0 Å². The van der Waals surface area contributed by atoms with Crippen LogP contribution in [0.3, 0.4) is 0 Å². The number of hydrogen-bond donors (Lipinski definition) is 1. The van der Waals surface area contributed by atoms with Gasteiger partial charge in [0.25, 0.3) is 5.91 Å². The van der Waals surface area contributed by atoms with Crippen molar-refractivity contribution in [2.24, 2.45) is 0 Å². The number of nitrogens with zero attached hydrogens (tertiary/aromatic N) is 2. The van der Waals surface area contributed by atoms with E-state index in [0.717, 1.165) is 12.1 Å². The standard InChI is InChI=1S/C26H26N2O5/c1-4-14-32-20-8-5-7-19(16-20)28-23(17-10-12-18(13-11-17)27(2)3)22(25(30)26(28)31)24(29)21-9-6-15-33-21/h5-13,15-16,23,30H,4,14H2,1-3H3. The Labute approximate surface area is 192 Å². The van der Waals surface area contributed by atoms with Gasteiger partial charge in [0, 0.05) is 31.5 Å². The SMILES string of the molecule is CCCOc1cccc(N2C(=O)C(O)=C(C(=O)c3ccco3)C2c2ccc(N(C)C)cc2)c1. The van der Waals surface area contributed by atoms with E-state index in [1.54, 1.807) is 24.3 Å². The minimum Gasteiger partial charge on any atom is -0.503 e. The molecule has 1 aliphatic rings. The Kier molecular flexibility index (Phi) is 6.22. The summed E-state index contributed by atoms with van der Waals surface area (Å²) >= 11 is 0. The maximum atomic E-state index is 13.3. The third-order valence-electron chi connectivity index (χ3n) is 5.49. The monoisotopic (exact) mass is 446 g/mol. The van der Waals surface area contributed by atoms with Crippen LogP contribution in [0.4, 0.5) is 11.4 Å². The van der Waals surface area contributed by atoms with Crippen molar-refractivity contribution in [1.29, 1.82) is 0 Å². The van der Waals surface area contributed by atoms with E-state index >= 15 is 0 Å². The Morgan fingerprint density at radius 3 is 2.52 bits per heavy atom. The summed E-state index contributed by atoms with van der Waals surface area (Å²) in [6.45, 7) is 2.55. The Hall–Kier alpha value is -4.00. The van der Waals surface area contributed by atoms with Gasteiger partial charge in [0.05, 0.1) is 24.5 Å². The predicted octanol–water partition coefficient (Wildman–Crippen LogP) is 4.92. The molecule has 1 aromatic heterocycles. The maximum Gasteiger partial charge on any atom is 0.294 e. The topological polar surface area (TPSA) is 83.2 Å². The summed E-state index contributed by atoms with van der Waals surface area (Å²) in [4.78, 5) is 29.9. The van der Waals surface area contributed by atoms with Gasteiger partial charge in [-0.2, -0.15) is 0 Å². The first-order valence-electron chi connectivity index (χ1n) is 10.8.